The van der Waals surface area contributed by atoms with E-state index in [0.29, 0.717) is 35.8 Å². The highest BCUT2D eigenvalue weighted by atomic mass is 19.4. The van der Waals surface area contributed by atoms with E-state index in [1.807, 2.05) is 0 Å². The maximum absolute atomic E-state index is 12.9. The molecule has 8 heteroatoms. The zero-order chi connectivity index (χ0) is 18.1. The van der Waals surface area contributed by atoms with Gasteiger partial charge in [-0.1, -0.05) is 24.3 Å². The van der Waals surface area contributed by atoms with Gasteiger partial charge in [-0.05, 0) is 42.2 Å². The minimum absolute atomic E-state index is 0.0406. The quantitative estimate of drug-likeness (QED) is 0.778. The second-order valence-corrected chi connectivity index (χ2v) is 7.07. The number of alkyl halides is 3. The first-order valence-electron chi connectivity index (χ1n) is 8.55. The number of nitrogens with zero attached hydrogens (tertiary/aromatic N) is 4. The molecule has 3 atom stereocenters. The molecule has 2 aliphatic rings. The number of anilines is 1. The van der Waals surface area contributed by atoms with Gasteiger partial charge in [-0.2, -0.15) is 22.7 Å². The topological polar surface area (TPSA) is 55.1 Å². The molecule has 1 saturated carbocycles. The van der Waals surface area contributed by atoms with Gasteiger partial charge >= 0.3 is 6.18 Å². The maximum atomic E-state index is 12.9. The number of benzene rings is 1. The van der Waals surface area contributed by atoms with Crippen molar-refractivity contribution in [2.24, 2.45) is 11.8 Å². The fourth-order valence-electron chi connectivity index (χ4n) is 4.22. The largest absolute Gasteiger partial charge is 0.453 e. The standard InChI is InChI=1S/C18H16F3N5/c1-9-6-14(26-17(23-9)24-16(25-26)18(19,20)21)22-8-13-12-7-10-4-2-3-5-11(10)15(12)13/h2-6,12-13,15,22H,7-8H2,1H3. The van der Waals surface area contributed by atoms with Gasteiger partial charge in [-0.3, -0.25) is 0 Å². The number of hydrogen-bond acceptors (Lipinski definition) is 4. The van der Waals surface area contributed by atoms with Gasteiger partial charge in [-0.25, -0.2) is 4.98 Å². The maximum Gasteiger partial charge on any atom is 0.453 e. The number of rotatable bonds is 3. The summed E-state index contributed by atoms with van der Waals surface area (Å²) in [4.78, 5) is 7.56. The molecule has 1 aromatic carbocycles. The van der Waals surface area contributed by atoms with Gasteiger partial charge in [0.05, 0.1) is 0 Å². The normalized spacial score (nSPS) is 23.8. The van der Waals surface area contributed by atoms with Crippen LogP contribution in [0, 0.1) is 18.8 Å². The average molecular weight is 359 g/mol. The first kappa shape index (κ1) is 15.6. The summed E-state index contributed by atoms with van der Waals surface area (Å²) < 4.78 is 39.8. The Morgan fingerprint density at radius 3 is 2.85 bits per heavy atom. The van der Waals surface area contributed by atoms with Crippen LogP contribution in [0.4, 0.5) is 19.0 Å². The molecule has 0 saturated heterocycles. The van der Waals surface area contributed by atoms with Gasteiger partial charge in [0.25, 0.3) is 11.6 Å². The van der Waals surface area contributed by atoms with Crippen molar-refractivity contribution < 1.29 is 13.2 Å². The molecule has 0 aliphatic heterocycles. The Bertz CT molecular complexity index is 1010. The molecule has 5 rings (SSSR count). The van der Waals surface area contributed by atoms with Gasteiger partial charge in [0, 0.05) is 18.3 Å². The van der Waals surface area contributed by atoms with Crippen molar-refractivity contribution in [3.8, 4) is 0 Å². The van der Waals surface area contributed by atoms with E-state index < -0.39 is 12.0 Å². The third kappa shape index (κ3) is 2.35. The summed E-state index contributed by atoms with van der Waals surface area (Å²) in [6.45, 7) is 2.43. The van der Waals surface area contributed by atoms with Gasteiger partial charge in [0.1, 0.15) is 5.82 Å². The van der Waals surface area contributed by atoms with E-state index in [4.69, 9.17) is 0 Å². The number of aromatic nitrogens is 4. The smallest absolute Gasteiger partial charge is 0.370 e. The Morgan fingerprint density at radius 2 is 2.04 bits per heavy atom. The molecule has 0 amide bonds. The molecule has 3 unspecified atom stereocenters. The molecule has 2 aliphatic carbocycles. The molecule has 1 N–H and O–H groups in total. The predicted octanol–water partition coefficient (Wildman–Crippen LogP) is 3.45. The van der Waals surface area contributed by atoms with Gasteiger partial charge in [0.15, 0.2) is 0 Å². The highest BCUT2D eigenvalue weighted by Crippen LogP contribution is 2.61. The van der Waals surface area contributed by atoms with E-state index in [1.165, 1.54) is 11.1 Å². The van der Waals surface area contributed by atoms with Crippen LogP contribution in [0.2, 0.25) is 0 Å². The minimum atomic E-state index is -4.59. The lowest BCUT2D eigenvalue weighted by atomic mass is 10.0. The van der Waals surface area contributed by atoms with Crippen molar-refractivity contribution in [2.45, 2.75) is 25.4 Å². The molecule has 0 spiro atoms. The van der Waals surface area contributed by atoms with Crippen molar-refractivity contribution in [3.63, 3.8) is 0 Å². The van der Waals surface area contributed by atoms with Crippen molar-refractivity contribution in [3.05, 3.63) is 53.0 Å². The lowest BCUT2D eigenvalue weighted by molar-refractivity contribution is -0.144. The Morgan fingerprint density at radius 1 is 1.23 bits per heavy atom. The number of nitrogens with one attached hydrogen (secondary N) is 1. The van der Waals surface area contributed by atoms with Crippen molar-refractivity contribution in [1.82, 2.24) is 19.6 Å². The Hall–Kier alpha value is -2.64. The number of hydrogen-bond donors (Lipinski definition) is 1. The molecular weight excluding hydrogens is 343 g/mol. The van der Waals surface area contributed by atoms with E-state index >= 15 is 0 Å². The fraction of sp³-hybridized carbons (Fsp3) is 0.389. The molecule has 0 bridgehead atoms. The summed E-state index contributed by atoms with van der Waals surface area (Å²) in [5, 5.41) is 6.85. The third-order valence-electron chi connectivity index (χ3n) is 5.41. The minimum Gasteiger partial charge on any atom is -0.370 e. The molecule has 0 radical (unpaired) electrons. The summed E-state index contributed by atoms with van der Waals surface area (Å²) in [5.41, 5.74) is 3.44. The molecule has 1 fully saturated rings. The molecule has 5 nitrogen and oxygen atoms in total. The van der Waals surface area contributed by atoms with Crippen LogP contribution in [0.1, 0.15) is 28.6 Å². The second kappa shape index (κ2) is 5.18. The van der Waals surface area contributed by atoms with Gasteiger partial charge in [-0.15, -0.1) is 5.10 Å². The van der Waals surface area contributed by atoms with E-state index in [1.54, 1.807) is 13.0 Å². The number of halogens is 3. The lowest BCUT2D eigenvalue weighted by Crippen LogP contribution is -2.12. The van der Waals surface area contributed by atoms with Crippen LogP contribution in [0.25, 0.3) is 5.78 Å². The molecular formula is C18H16F3N5. The zero-order valence-corrected chi connectivity index (χ0v) is 14.0. The predicted molar refractivity (Wildman–Crippen MR) is 88.9 cm³/mol. The van der Waals surface area contributed by atoms with E-state index in [-0.39, 0.29) is 5.78 Å². The first-order chi connectivity index (χ1) is 12.4. The third-order valence-corrected chi connectivity index (χ3v) is 5.41. The second-order valence-electron chi connectivity index (χ2n) is 7.07. The van der Waals surface area contributed by atoms with Crippen LogP contribution in [0.15, 0.2) is 30.3 Å². The van der Waals surface area contributed by atoms with Crippen LogP contribution < -0.4 is 5.32 Å². The Labute approximate surface area is 147 Å². The SMILES string of the molecule is Cc1cc(NCC2C3Cc4ccccc4C23)n2nc(C(F)(F)F)nc2n1. The highest BCUT2D eigenvalue weighted by molar-refractivity contribution is 5.48. The monoisotopic (exact) mass is 359 g/mol. The molecule has 26 heavy (non-hydrogen) atoms. The molecule has 2 heterocycles. The number of fused-ring (bicyclic) bond motifs is 4. The summed E-state index contributed by atoms with van der Waals surface area (Å²) >= 11 is 0. The van der Waals surface area contributed by atoms with Crippen molar-refractivity contribution in [1.29, 1.82) is 0 Å². The van der Waals surface area contributed by atoms with E-state index in [2.05, 4.69) is 44.6 Å². The molecule has 134 valence electrons. The summed E-state index contributed by atoms with van der Waals surface area (Å²) in [6.07, 6.45) is -3.50. The lowest BCUT2D eigenvalue weighted by Gasteiger charge is -2.11. The fourth-order valence-corrected chi connectivity index (χ4v) is 4.22. The van der Waals surface area contributed by atoms with Crippen LogP contribution in [0.5, 0.6) is 0 Å². The number of aryl methyl sites for hydroxylation is 1. The first-order valence-corrected chi connectivity index (χ1v) is 8.55. The summed E-state index contributed by atoms with van der Waals surface area (Å²) in [7, 11) is 0. The van der Waals surface area contributed by atoms with E-state index in [0.717, 1.165) is 10.9 Å². The van der Waals surface area contributed by atoms with Crippen molar-refractivity contribution >= 4 is 11.6 Å². The Kier molecular flexibility index (Phi) is 3.11. The van der Waals surface area contributed by atoms with Crippen LogP contribution >= 0.6 is 0 Å². The highest BCUT2D eigenvalue weighted by Gasteiger charge is 2.54. The van der Waals surface area contributed by atoms with Gasteiger partial charge < -0.3 is 5.32 Å². The van der Waals surface area contributed by atoms with Gasteiger partial charge in [0.2, 0.25) is 0 Å². The summed E-state index contributed by atoms with van der Waals surface area (Å²) in [6, 6.07) is 10.2. The molecule has 2 aromatic heterocycles. The van der Waals surface area contributed by atoms with E-state index in [9.17, 15) is 13.2 Å². The van der Waals surface area contributed by atoms with Crippen LogP contribution in [0.3, 0.4) is 0 Å². The van der Waals surface area contributed by atoms with Crippen molar-refractivity contribution in [2.75, 3.05) is 11.9 Å². The summed E-state index contributed by atoms with van der Waals surface area (Å²) in [5.74, 6) is 0.961. The molecule has 3 aromatic rings. The van der Waals surface area contributed by atoms with Crippen LogP contribution in [-0.4, -0.2) is 26.1 Å². The Balaban J connectivity index is 1.38. The van der Waals surface area contributed by atoms with Crippen LogP contribution in [-0.2, 0) is 12.6 Å². The zero-order valence-electron chi connectivity index (χ0n) is 14.0. The average Bonchev–Trinajstić information content (AvgIpc) is 2.94.